The largest absolute Gasteiger partial charge is 0.573 e. The molecule has 0 saturated heterocycles. The molecule has 1 amide bonds. The lowest BCUT2D eigenvalue weighted by atomic mass is 9.98. The van der Waals surface area contributed by atoms with Crippen LogP contribution < -0.4 is 15.6 Å². The minimum absolute atomic E-state index is 0.151. The molecule has 1 aromatic carbocycles. The summed E-state index contributed by atoms with van der Waals surface area (Å²) in [6.07, 6.45) is -8.12. The van der Waals surface area contributed by atoms with Gasteiger partial charge in [0.05, 0.1) is 22.9 Å². The molecule has 0 saturated carbocycles. The van der Waals surface area contributed by atoms with Gasteiger partial charge in [0, 0.05) is 18.5 Å². The van der Waals surface area contributed by atoms with Gasteiger partial charge in [-0.3, -0.25) is 14.6 Å². The molecule has 33 heavy (non-hydrogen) atoms. The quantitative estimate of drug-likeness (QED) is 0.538. The van der Waals surface area contributed by atoms with E-state index in [1.807, 2.05) is 0 Å². The predicted molar refractivity (Wildman–Crippen MR) is 98.7 cm³/mol. The smallest absolute Gasteiger partial charge is 0.403 e. The maximum Gasteiger partial charge on any atom is 0.573 e. The summed E-state index contributed by atoms with van der Waals surface area (Å²) in [5.41, 5.74) is -3.03. The number of nitrogens with one attached hydrogen (secondary N) is 2. The number of ether oxygens (including phenoxy) is 1. The van der Waals surface area contributed by atoms with Gasteiger partial charge in [-0.05, 0) is 35.9 Å². The van der Waals surface area contributed by atoms with Crippen LogP contribution in [0.2, 0.25) is 0 Å². The van der Waals surface area contributed by atoms with E-state index < -0.39 is 52.9 Å². The van der Waals surface area contributed by atoms with E-state index in [0.29, 0.717) is 18.2 Å². The van der Waals surface area contributed by atoms with Crippen molar-refractivity contribution in [1.82, 2.24) is 15.3 Å². The van der Waals surface area contributed by atoms with Gasteiger partial charge in [0.1, 0.15) is 0 Å². The third kappa shape index (κ3) is 5.87. The third-order valence-electron chi connectivity index (χ3n) is 4.25. The van der Waals surface area contributed by atoms with Crippen LogP contribution in [0.25, 0.3) is 0 Å². The highest BCUT2D eigenvalue weighted by molar-refractivity contribution is 5.94. The van der Waals surface area contributed by atoms with Crippen molar-refractivity contribution in [2.45, 2.75) is 18.6 Å². The Hall–Kier alpha value is -3.90. The van der Waals surface area contributed by atoms with Gasteiger partial charge in [0.2, 0.25) is 5.56 Å². The number of aromatic nitrogens is 2. The van der Waals surface area contributed by atoms with Gasteiger partial charge in [-0.15, -0.1) is 13.2 Å². The van der Waals surface area contributed by atoms with Crippen molar-refractivity contribution in [1.29, 1.82) is 0 Å². The molecule has 0 radical (unpaired) electrons. The molecule has 2 N–H and O–H groups in total. The van der Waals surface area contributed by atoms with Crippen LogP contribution in [0.1, 0.15) is 33.2 Å². The van der Waals surface area contributed by atoms with E-state index >= 15 is 0 Å². The molecule has 1 atom stereocenters. The molecule has 0 aliphatic rings. The van der Waals surface area contributed by atoms with Crippen LogP contribution in [-0.4, -0.2) is 22.2 Å². The number of rotatable bonds is 5. The fourth-order valence-electron chi connectivity index (χ4n) is 2.87. The molecule has 0 aliphatic carbocycles. The molecule has 0 spiro atoms. The van der Waals surface area contributed by atoms with E-state index in [0.717, 1.165) is 36.7 Å². The van der Waals surface area contributed by atoms with Crippen LogP contribution in [0.4, 0.5) is 30.7 Å². The van der Waals surface area contributed by atoms with Gasteiger partial charge in [-0.25, -0.2) is 4.39 Å². The van der Waals surface area contributed by atoms with Crippen molar-refractivity contribution >= 4 is 5.91 Å². The summed E-state index contributed by atoms with van der Waals surface area (Å²) < 4.78 is 95.7. The number of hydrogen-bond donors (Lipinski definition) is 2. The molecule has 0 aliphatic heterocycles. The monoisotopic (exact) mass is 475 g/mol. The lowest BCUT2D eigenvalue weighted by molar-refractivity contribution is -0.275. The Morgan fingerprint density at radius 1 is 1.06 bits per heavy atom. The van der Waals surface area contributed by atoms with E-state index in [9.17, 15) is 40.3 Å². The maximum absolute atomic E-state index is 14.3. The predicted octanol–water partition coefficient (Wildman–Crippen LogP) is 4.35. The molecule has 13 heteroatoms. The van der Waals surface area contributed by atoms with Crippen molar-refractivity contribution in [3.63, 3.8) is 0 Å². The number of hydrogen-bond acceptors (Lipinski definition) is 4. The standard InChI is InChI=1S/C20H12F7N3O3/c21-13-8-10(3-5-14(13)33-20(25,26)27)16(17-12(19(22,23)24)2-1-7-28-17)30-18(32)11-4-6-15(31)29-9-11/h1-9,16H,(H,29,31)(H,30,32)/t16-/m0/s1. The highest BCUT2D eigenvalue weighted by atomic mass is 19.4. The van der Waals surface area contributed by atoms with Crippen LogP contribution in [0.3, 0.4) is 0 Å². The van der Waals surface area contributed by atoms with Crippen molar-refractivity contribution < 1.29 is 40.3 Å². The number of nitrogens with zero attached hydrogens (tertiary/aromatic N) is 1. The van der Waals surface area contributed by atoms with Gasteiger partial charge in [0.15, 0.2) is 11.6 Å². The Labute approximate surface area is 180 Å². The van der Waals surface area contributed by atoms with Gasteiger partial charge >= 0.3 is 12.5 Å². The second kappa shape index (κ2) is 8.92. The van der Waals surface area contributed by atoms with E-state index in [1.54, 1.807) is 0 Å². The molecular formula is C20H12F7N3O3. The molecule has 0 unspecified atom stereocenters. The Balaban J connectivity index is 2.08. The maximum atomic E-state index is 14.3. The number of H-pyrrole nitrogens is 1. The second-order valence-electron chi connectivity index (χ2n) is 6.52. The summed E-state index contributed by atoms with van der Waals surface area (Å²) in [7, 11) is 0. The summed E-state index contributed by atoms with van der Waals surface area (Å²) in [4.78, 5) is 29.7. The highest BCUT2D eigenvalue weighted by Gasteiger charge is 2.37. The number of carbonyl (C=O) groups excluding carboxylic acids is 1. The summed E-state index contributed by atoms with van der Waals surface area (Å²) in [5, 5.41) is 2.24. The molecule has 6 nitrogen and oxygen atoms in total. The number of alkyl halides is 6. The Morgan fingerprint density at radius 2 is 1.79 bits per heavy atom. The Morgan fingerprint density at radius 3 is 2.36 bits per heavy atom. The average molecular weight is 475 g/mol. The first kappa shape index (κ1) is 23.8. The van der Waals surface area contributed by atoms with E-state index in [-0.39, 0.29) is 11.1 Å². The first-order valence-corrected chi connectivity index (χ1v) is 8.92. The topological polar surface area (TPSA) is 84.1 Å². The molecule has 3 rings (SSSR count). The van der Waals surface area contributed by atoms with E-state index in [1.165, 1.54) is 0 Å². The Kier molecular flexibility index (Phi) is 6.42. The van der Waals surface area contributed by atoms with Gasteiger partial charge in [-0.1, -0.05) is 6.07 Å². The molecular weight excluding hydrogens is 463 g/mol. The second-order valence-corrected chi connectivity index (χ2v) is 6.52. The fraction of sp³-hybridized carbons (Fsp3) is 0.150. The summed E-state index contributed by atoms with van der Waals surface area (Å²) in [5.74, 6) is -3.71. The Bertz CT molecular complexity index is 1200. The van der Waals surface area contributed by atoms with Gasteiger partial charge in [-0.2, -0.15) is 13.2 Å². The van der Waals surface area contributed by atoms with Crippen LogP contribution in [0, 0.1) is 5.82 Å². The SMILES string of the molecule is O=C(N[C@@H](c1ccc(OC(F)(F)F)c(F)c1)c1ncccc1C(F)(F)F)c1ccc(=O)[nH]c1. The van der Waals surface area contributed by atoms with Crippen LogP contribution >= 0.6 is 0 Å². The minimum Gasteiger partial charge on any atom is -0.403 e. The van der Waals surface area contributed by atoms with Crippen LogP contribution in [-0.2, 0) is 6.18 Å². The van der Waals surface area contributed by atoms with Crippen molar-refractivity contribution in [3.05, 3.63) is 93.4 Å². The van der Waals surface area contributed by atoms with Crippen molar-refractivity contribution in [2.75, 3.05) is 0 Å². The molecule has 2 aromatic heterocycles. The summed E-state index contributed by atoms with van der Waals surface area (Å²) in [6.45, 7) is 0. The first-order chi connectivity index (χ1) is 15.3. The zero-order valence-electron chi connectivity index (χ0n) is 16.1. The number of pyridine rings is 2. The number of carbonyl (C=O) groups is 1. The lowest BCUT2D eigenvalue weighted by Crippen LogP contribution is -2.32. The average Bonchev–Trinajstić information content (AvgIpc) is 2.72. The van der Waals surface area contributed by atoms with E-state index in [4.69, 9.17) is 0 Å². The fourth-order valence-corrected chi connectivity index (χ4v) is 2.87. The van der Waals surface area contributed by atoms with E-state index in [2.05, 4.69) is 20.0 Å². The molecule has 3 aromatic rings. The summed E-state index contributed by atoms with van der Waals surface area (Å²) >= 11 is 0. The lowest BCUT2D eigenvalue weighted by Gasteiger charge is -2.23. The zero-order valence-corrected chi connectivity index (χ0v) is 16.1. The summed E-state index contributed by atoms with van der Waals surface area (Å²) in [6, 6.07) is 3.95. The molecule has 0 fully saturated rings. The number of aromatic amines is 1. The molecule has 174 valence electrons. The molecule has 2 heterocycles. The zero-order chi connectivity index (χ0) is 24.4. The van der Waals surface area contributed by atoms with Crippen molar-refractivity contribution in [2.24, 2.45) is 0 Å². The van der Waals surface area contributed by atoms with Crippen LogP contribution in [0.15, 0.2) is 59.7 Å². The van der Waals surface area contributed by atoms with Crippen molar-refractivity contribution in [3.8, 4) is 5.75 Å². The number of benzene rings is 1. The van der Waals surface area contributed by atoms with Crippen LogP contribution in [0.5, 0.6) is 5.75 Å². The number of halogens is 7. The van der Waals surface area contributed by atoms with Gasteiger partial charge in [0.25, 0.3) is 5.91 Å². The first-order valence-electron chi connectivity index (χ1n) is 8.92. The third-order valence-corrected chi connectivity index (χ3v) is 4.25. The number of amides is 1. The molecule has 0 bridgehead atoms. The normalized spacial score (nSPS) is 12.8. The van der Waals surface area contributed by atoms with Gasteiger partial charge < -0.3 is 15.0 Å². The highest BCUT2D eigenvalue weighted by Crippen LogP contribution is 2.36. The minimum atomic E-state index is -5.20.